The second-order valence-electron chi connectivity index (χ2n) is 5.37. The van der Waals surface area contributed by atoms with Crippen LogP contribution in [0, 0.1) is 5.82 Å². The molecule has 1 saturated heterocycles. The molecule has 0 aliphatic carbocycles. The fourth-order valence-electron chi connectivity index (χ4n) is 2.30. The van der Waals surface area contributed by atoms with Crippen molar-refractivity contribution in [2.75, 3.05) is 11.5 Å². The Bertz CT molecular complexity index is 644. The Morgan fingerprint density at radius 3 is 2.75 bits per heavy atom. The van der Waals surface area contributed by atoms with Crippen LogP contribution in [0.5, 0.6) is 0 Å². The van der Waals surface area contributed by atoms with Crippen LogP contribution in [-0.2, 0) is 16.4 Å². The Morgan fingerprint density at radius 2 is 2.20 bits per heavy atom. The third kappa shape index (κ3) is 3.34. The molecule has 2 N–H and O–H groups in total. The molecule has 0 spiro atoms. The van der Waals surface area contributed by atoms with Gasteiger partial charge in [-0.25, -0.2) is 17.6 Å². The van der Waals surface area contributed by atoms with Gasteiger partial charge in [0, 0.05) is 17.6 Å². The van der Waals surface area contributed by atoms with Gasteiger partial charge in [-0.2, -0.15) is 0 Å². The van der Waals surface area contributed by atoms with Gasteiger partial charge in [-0.3, -0.25) is 0 Å². The van der Waals surface area contributed by atoms with Crippen molar-refractivity contribution < 1.29 is 22.7 Å². The molecule has 1 aliphatic heterocycles. The average molecular weight is 301 g/mol. The zero-order valence-corrected chi connectivity index (χ0v) is 11.8. The molecule has 0 aromatic heterocycles. The molecule has 1 aromatic rings. The van der Waals surface area contributed by atoms with Crippen LogP contribution in [0.25, 0.3) is 0 Å². The lowest BCUT2D eigenvalue weighted by Gasteiger charge is -2.24. The normalized spacial score (nSPS) is 24.7. The van der Waals surface area contributed by atoms with Crippen molar-refractivity contribution in [2.45, 2.75) is 25.4 Å². The van der Waals surface area contributed by atoms with E-state index in [4.69, 9.17) is 5.11 Å². The van der Waals surface area contributed by atoms with Crippen LogP contribution in [-0.4, -0.2) is 36.5 Å². The molecule has 20 heavy (non-hydrogen) atoms. The van der Waals surface area contributed by atoms with Crippen LogP contribution in [0.3, 0.4) is 0 Å². The fraction of sp³-hybridized carbons (Fsp3) is 0.462. The number of hydrogen-bond acceptors (Lipinski definition) is 4. The SMILES string of the molecule is CC1(NCc2cc(C(=O)O)ccc2F)CCS(=O)(=O)C1. The first kappa shape index (κ1) is 14.9. The molecule has 110 valence electrons. The second kappa shape index (κ2) is 5.14. The number of carboxylic acid groups (broad SMARTS) is 1. The summed E-state index contributed by atoms with van der Waals surface area (Å²) in [4.78, 5) is 10.9. The molecular formula is C13H16FNO4S. The van der Waals surface area contributed by atoms with E-state index in [1.165, 1.54) is 12.1 Å². The number of benzene rings is 1. The molecule has 1 aliphatic rings. The summed E-state index contributed by atoms with van der Waals surface area (Å²) in [7, 11) is -3.04. The van der Waals surface area contributed by atoms with Crippen molar-refractivity contribution in [1.29, 1.82) is 0 Å². The number of halogens is 1. The minimum absolute atomic E-state index is 0.00685. The van der Waals surface area contributed by atoms with E-state index >= 15 is 0 Å². The van der Waals surface area contributed by atoms with Gasteiger partial charge in [0.1, 0.15) is 5.82 Å². The van der Waals surface area contributed by atoms with Crippen molar-refractivity contribution in [1.82, 2.24) is 5.32 Å². The zero-order valence-electron chi connectivity index (χ0n) is 11.0. The van der Waals surface area contributed by atoms with Crippen LogP contribution in [0.2, 0.25) is 0 Å². The predicted molar refractivity (Wildman–Crippen MR) is 71.9 cm³/mol. The van der Waals surface area contributed by atoms with E-state index in [9.17, 15) is 17.6 Å². The summed E-state index contributed by atoms with van der Waals surface area (Å²) in [6.07, 6.45) is 0.468. The monoisotopic (exact) mass is 301 g/mol. The van der Waals surface area contributed by atoms with E-state index in [1.54, 1.807) is 6.92 Å². The lowest BCUT2D eigenvalue weighted by molar-refractivity contribution is 0.0696. The van der Waals surface area contributed by atoms with Crippen molar-refractivity contribution in [2.24, 2.45) is 0 Å². The number of hydrogen-bond donors (Lipinski definition) is 2. The van der Waals surface area contributed by atoms with Gasteiger partial charge in [0.15, 0.2) is 9.84 Å². The standard InChI is InChI=1S/C13H16FNO4S/c1-13(4-5-20(18,19)8-13)15-7-10-6-9(12(16)17)2-3-11(10)14/h2-3,6,15H,4-5,7-8H2,1H3,(H,16,17). The Labute approximate surface area is 116 Å². The van der Waals surface area contributed by atoms with Gasteiger partial charge in [0.2, 0.25) is 0 Å². The lowest BCUT2D eigenvalue weighted by Crippen LogP contribution is -2.43. The summed E-state index contributed by atoms with van der Waals surface area (Å²) in [5, 5.41) is 11.9. The Balaban J connectivity index is 2.11. The van der Waals surface area contributed by atoms with Crippen LogP contribution < -0.4 is 5.32 Å². The first-order chi connectivity index (χ1) is 9.21. The molecule has 1 unspecified atom stereocenters. The molecule has 0 bridgehead atoms. The average Bonchev–Trinajstić information content (AvgIpc) is 2.63. The highest BCUT2D eigenvalue weighted by Crippen LogP contribution is 2.23. The fourth-order valence-corrected chi connectivity index (χ4v) is 4.42. The molecule has 7 heteroatoms. The number of rotatable bonds is 4. The van der Waals surface area contributed by atoms with Gasteiger partial charge >= 0.3 is 5.97 Å². The van der Waals surface area contributed by atoms with Gasteiger partial charge in [0.25, 0.3) is 0 Å². The molecule has 1 heterocycles. The maximum atomic E-state index is 13.6. The largest absolute Gasteiger partial charge is 0.478 e. The van der Waals surface area contributed by atoms with E-state index in [2.05, 4.69) is 5.32 Å². The van der Waals surface area contributed by atoms with Crippen molar-refractivity contribution in [3.8, 4) is 0 Å². The highest BCUT2D eigenvalue weighted by molar-refractivity contribution is 7.91. The quantitative estimate of drug-likeness (QED) is 0.873. The van der Waals surface area contributed by atoms with Gasteiger partial charge in [0.05, 0.1) is 17.1 Å². The van der Waals surface area contributed by atoms with E-state index < -0.39 is 27.2 Å². The minimum atomic E-state index is -3.04. The van der Waals surface area contributed by atoms with Gasteiger partial charge < -0.3 is 10.4 Å². The maximum absolute atomic E-state index is 13.6. The molecule has 0 saturated carbocycles. The molecular weight excluding hydrogens is 285 g/mol. The number of nitrogens with one attached hydrogen (secondary N) is 1. The Hall–Kier alpha value is -1.47. The number of carbonyl (C=O) groups is 1. The van der Waals surface area contributed by atoms with E-state index in [0.29, 0.717) is 6.42 Å². The van der Waals surface area contributed by atoms with Crippen LogP contribution in [0.4, 0.5) is 4.39 Å². The van der Waals surface area contributed by atoms with E-state index in [-0.39, 0.29) is 29.2 Å². The number of sulfone groups is 1. The predicted octanol–water partition coefficient (Wildman–Crippen LogP) is 1.19. The third-order valence-corrected chi connectivity index (χ3v) is 5.40. The summed E-state index contributed by atoms with van der Waals surface area (Å²) in [6, 6.07) is 3.56. The molecule has 1 aromatic carbocycles. The van der Waals surface area contributed by atoms with Crippen molar-refractivity contribution in [3.63, 3.8) is 0 Å². The molecule has 1 atom stereocenters. The maximum Gasteiger partial charge on any atom is 0.335 e. The minimum Gasteiger partial charge on any atom is -0.478 e. The molecule has 5 nitrogen and oxygen atoms in total. The summed E-state index contributed by atoms with van der Waals surface area (Å²) in [5.74, 6) is -1.50. The first-order valence-electron chi connectivity index (χ1n) is 6.18. The highest BCUT2D eigenvalue weighted by atomic mass is 32.2. The summed E-state index contributed by atoms with van der Waals surface area (Å²) in [6.45, 7) is 1.87. The molecule has 0 radical (unpaired) electrons. The smallest absolute Gasteiger partial charge is 0.335 e. The van der Waals surface area contributed by atoms with Crippen LogP contribution >= 0.6 is 0 Å². The van der Waals surface area contributed by atoms with Gasteiger partial charge in [-0.05, 0) is 31.5 Å². The summed E-state index contributed by atoms with van der Waals surface area (Å²) in [5.41, 5.74) is -0.368. The molecule has 2 rings (SSSR count). The lowest BCUT2D eigenvalue weighted by atomic mass is 10.0. The Morgan fingerprint density at radius 1 is 1.50 bits per heavy atom. The second-order valence-corrected chi connectivity index (χ2v) is 7.55. The van der Waals surface area contributed by atoms with E-state index in [1.807, 2.05) is 0 Å². The summed E-state index contributed by atoms with van der Waals surface area (Å²) < 4.78 is 36.6. The van der Waals surface area contributed by atoms with Crippen molar-refractivity contribution >= 4 is 15.8 Å². The van der Waals surface area contributed by atoms with Crippen LogP contribution in [0.15, 0.2) is 18.2 Å². The van der Waals surface area contributed by atoms with Crippen molar-refractivity contribution in [3.05, 3.63) is 35.1 Å². The number of carboxylic acids is 1. The van der Waals surface area contributed by atoms with E-state index in [0.717, 1.165) is 6.07 Å². The zero-order chi connectivity index (χ0) is 15.0. The van der Waals surface area contributed by atoms with Gasteiger partial charge in [-0.1, -0.05) is 0 Å². The first-order valence-corrected chi connectivity index (χ1v) is 8.00. The van der Waals surface area contributed by atoms with Gasteiger partial charge in [-0.15, -0.1) is 0 Å². The Kier molecular flexibility index (Phi) is 3.84. The molecule has 0 amide bonds. The molecule has 1 fully saturated rings. The topological polar surface area (TPSA) is 83.5 Å². The number of aromatic carboxylic acids is 1. The third-order valence-electron chi connectivity index (χ3n) is 3.50. The highest BCUT2D eigenvalue weighted by Gasteiger charge is 2.37. The van der Waals surface area contributed by atoms with Crippen LogP contribution in [0.1, 0.15) is 29.3 Å². The summed E-state index contributed by atoms with van der Waals surface area (Å²) >= 11 is 0.